The Morgan fingerprint density at radius 3 is 2.93 bits per heavy atom. The summed E-state index contributed by atoms with van der Waals surface area (Å²) in [5, 5.41) is 0. The zero-order valence-corrected chi connectivity index (χ0v) is 8.34. The van der Waals surface area contributed by atoms with Gasteiger partial charge < -0.3 is 4.74 Å². The smallest absolute Gasteiger partial charge is 0.127 e. The molecule has 0 radical (unpaired) electrons. The second kappa shape index (κ2) is 3.43. The molecule has 2 unspecified atom stereocenters. The molecule has 2 bridgehead atoms. The molecule has 1 aliphatic heterocycles. The van der Waals surface area contributed by atoms with Crippen LogP contribution in [-0.4, -0.2) is 6.10 Å². The van der Waals surface area contributed by atoms with Crippen LogP contribution < -0.4 is 0 Å². The molecule has 1 heterocycles. The summed E-state index contributed by atoms with van der Waals surface area (Å²) < 4.78 is 5.60. The van der Waals surface area contributed by atoms with Gasteiger partial charge in [-0.15, -0.1) is 0 Å². The summed E-state index contributed by atoms with van der Waals surface area (Å²) in [7, 11) is 0. The highest BCUT2D eigenvalue weighted by Gasteiger charge is 2.22. The third-order valence-electron chi connectivity index (χ3n) is 2.87. The molecule has 1 aliphatic carbocycles. The van der Waals surface area contributed by atoms with E-state index in [9.17, 15) is 0 Å². The van der Waals surface area contributed by atoms with Crippen molar-refractivity contribution in [1.29, 1.82) is 0 Å². The van der Waals surface area contributed by atoms with E-state index >= 15 is 0 Å². The van der Waals surface area contributed by atoms with Crippen molar-refractivity contribution in [2.75, 3.05) is 0 Å². The minimum absolute atomic E-state index is 0.141. The van der Waals surface area contributed by atoms with Crippen LogP contribution in [0.15, 0.2) is 54.8 Å². The van der Waals surface area contributed by atoms with Gasteiger partial charge in [0, 0.05) is 5.92 Å². The Morgan fingerprint density at radius 1 is 1.07 bits per heavy atom. The highest BCUT2D eigenvalue weighted by atomic mass is 16.5. The second-order valence-corrected chi connectivity index (χ2v) is 3.87. The van der Waals surface area contributed by atoms with E-state index in [1.54, 1.807) is 6.26 Å². The number of rotatable bonds is 1. The van der Waals surface area contributed by atoms with Gasteiger partial charge in [0.1, 0.15) is 6.10 Å². The van der Waals surface area contributed by atoms with E-state index in [4.69, 9.17) is 4.74 Å². The average molecular weight is 196 g/mol. The van der Waals surface area contributed by atoms with Crippen LogP contribution in [0, 0.1) is 0 Å². The van der Waals surface area contributed by atoms with Crippen molar-refractivity contribution in [2.45, 2.75) is 12.0 Å². The van der Waals surface area contributed by atoms with Crippen LogP contribution in [0.2, 0.25) is 0 Å². The molecular formula is C14H12O. The molecule has 1 aromatic rings. The summed E-state index contributed by atoms with van der Waals surface area (Å²) >= 11 is 0. The first kappa shape index (κ1) is 8.54. The van der Waals surface area contributed by atoms with Gasteiger partial charge in [-0.2, -0.15) is 0 Å². The van der Waals surface area contributed by atoms with Crippen LogP contribution >= 0.6 is 0 Å². The van der Waals surface area contributed by atoms with Crippen molar-refractivity contribution in [1.82, 2.24) is 0 Å². The first-order valence-corrected chi connectivity index (χ1v) is 5.20. The Kier molecular flexibility index (Phi) is 1.95. The molecule has 15 heavy (non-hydrogen) atoms. The molecule has 3 rings (SSSR count). The Balaban J connectivity index is 1.93. The van der Waals surface area contributed by atoms with Crippen molar-refractivity contribution >= 4 is 6.08 Å². The molecule has 2 aliphatic rings. The van der Waals surface area contributed by atoms with Gasteiger partial charge >= 0.3 is 0 Å². The van der Waals surface area contributed by atoms with Crippen molar-refractivity contribution in [3.05, 3.63) is 66.0 Å². The van der Waals surface area contributed by atoms with E-state index in [2.05, 4.69) is 42.5 Å². The minimum atomic E-state index is 0.141. The predicted octanol–water partition coefficient (Wildman–Crippen LogP) is 3.27. The van der Waals surface area contributed by atoms with E-state index in [1.807, 2.05) is 12.2 Å². The molecule has 1 aromatic carbocycles. The topological polar surface area (TPSA) is 9.23 Å². The Hall–Kier alpha value is -1.76. The molecule has 0 amide bonds. The number of hydrogen-bond donors (Lipinski definition) is 0. The molecule has 0 aromatic heterocycles. The maximum atomic E-state index is 5.60. The van der Waals surface area contributed by atoms with Gasteiger partial charge in [-0.3, -0.25) is 0 Å². The van der Waals surface area contributed by atoms with Gasteiger partial charge in [0.05, 0.1) is 6.26 Å². The molecule has 0 N–H and O–H groups in total. The largest absolute Gasteiger partial charge is 0.493 e. The molecule has 1 heteroatoms. The van der Waals surface area contributed by atoms with Crippen LogP contribution in [0.3, 0.4) is 0 Å². The first-order chi connectivity index (χ1) is 7.43. The summed E-state index contributed by atoms with van der Waals surface area (Å²) in [5.41, 5.74) is 2.61. The monoisotopic (exact) mass is 196 g/mol. The van der Waals surface area contributed by atoms with E-state index in [1.165, 1.54) is 11.1 Å². The minimum Gasteiger partial charge on any atom is -0.493 e. The van der Waals surface area contributed by atoms with Crippen LogP contribution in [0.5, 0.6) is 0 Å². The summed E-state index contributed by atoms with van der Waals surface area (Å²) in [6.07, 6.45) is 12.3. The maximum Gasteiger partial charge on any atom is 0.127 e. The lowest BCUT2D eigenvalue weighted by atomic mass is 9.87. The van der Waals surface area contributed by atoms with E-state index in [0.717, 1.165) is 0 Å². The number of ether oxygens (including phenoxy) is 1. The molecule has 0 spiro atoms. The Morgan fingerprint density at radius 2 is 2.07 bits per heavy atom. The number of benzene rings is 1. The van der Waals surface area contributed by atoms with Gasteiger partial charge in [-0.1, -0.05) is 42.5 Å². The fourth-order valence-corrected chi connectivity index (χ4v) is 2.10. The standard InChI is InChI=1S/C14H12O/c1-2-9-15-14(6-1)13-8-7-11-4-3-5-12(13)10-11/h1-10,13-14H. The number of hydrogen-bond acceptors (Lipinski definition) is 1. The normalized spacial score (nSPS) is 26.4. The Bertz CT molecular complexity index is 454. The molecular weight excluding hydrogens is 184 g/mol. The fourth-order valence-electron chi connectivity index (χ4n) is 2.10. The molecule has 2 atom stereocenters. The lowest BCUT2D eigenvalue weighted by molar-refractivity contribution is 0.169. The highest BCUT2D eigenvalue weighted by molar-refractivity contribution is 5.57. The lowest BCUT2D eigenvalue weighted by Crippen LogP contribution is -2.19. The van der Waals surface area contributed by atoms with Crippen LogP contribution in [0.1, 0.15) is 17.0 Å². The van der Waals surface area contributed by atoms with E-state index in [0.29, 0.717) is 5.92 Å². The number of allylic oxidation sites excluding steroid dienone is 2. The summed E-state index contributed by atoms with van der Waals surface area (Å²) in [5.74, 6) is 0.347. The van der Waals surface area contributed by atoms with Gasteiger partial charge in [-0.05, 0) is 23.3 Å². The summed E-state index contributed by atoms with van der Waals surface area (Å²) in [4.78, 5) is 0. The molecule has 1 nitrogen and oxygen atoms in total. The quantitative estimate of drug-likeness (QED) is 0.669. The van der Waals surface area contributed by atoms with Crippen LogP contribution in [0.25, 0.3) is 6.08 Å². The van der Waals surface area contributed by atoms with Crippen molar-refractivity contribution in [2.24, 2.45) is 0 Å². The number of fused-ring (bicyclic) bond motifs is 2. The summed E-state index contributed by atoms with van der Waals surface area (Å²) in [6.45, 7) is 0. The zero-order valence-electron chi connectivity index (χ0n) is 8.34. The average Bonchev–Trinajstić information content (AvgIpc) is 2.31. The van der Waals surface area contributed by atoms with Gasteiger partial charge in [0.15, 0.2) is 0 Å². The third kappa shape index (κ3) is 1.50. The summed E-state index contributed by atoms with van der Waals surface area (Å²) in [6, 6.07) is 8.60. The lowest BCUT2D eigenvalue weighted by Gasteiger charge is -2.25. The third-order valence-corrected chi connectivity index (χ3v) is 2.87. The molecule has 0 saturated heterocycles. The zero-order chi connectivity index (χ0) is 10.1. The Labute approximate surface area is 89.4 Å². The molecule has 0 saturated carbocycles. The first-order valence-electron chi connectivity index (χ1n) is 5.20. The maximum absolute atomic E-state index is 5.60. The van der Waals surface area contributed by atoms with Gasteiger partial charge in [0.2, 0.25) is 0 Å². The molecule has 74 valence electrons. The second-order valence-electron chi connectivity index (χ2n) is 3.87. The molecule has 0 fully saturated rings. The predicted molar refractivity (Wildman–Crippen MR) is 61.4 cm³/mol. The van der Waals surface area contributed by atoms with Gasteiger partial charge in [-0.25, -0.2) is 0 Å². The van der Waals surface area contributed by atoms with Crippen molar-refractivity contribution in [3.63, 3.8) is 0 Å². The van der Waals surface area contributed by atoms with E-state index in [-0.39, 0.29) is 6.10 Å². The van der Waals surface area contributed by atoms with Gasteiger partial charge in [0.25, 0.3) is 0 Å². The van der Waals surface area contributed by atoms with E-state index < -0.39 is 0 Å². The van der Waals surface area contributed by atoms with Crippen molar-refractivity contribution < 1.29 is 4.74 Å². The van der Waals surface area contributed by atoms with Crippen LogP contribution in [0.4, 0.5) is 0 Å². The van der Waals surface area contributed by atoms with Crippen molar-refractivity contribution in [3.8, 4) is 0 Å². The fraction of sp³-hybridized carbons (Fsp3) is 0.143. The highest BCUT2D eigenvalue weighted by Crippen LogP contribution is 2.31. The van der Waals surface area contributed by atoms with Crippen LogP contribution in [-0.2, 0) is 4.74 Å². The SMILES string of the molecule is C1=COC(C2C=Cc3cccc2c3)C=C1.